The SMILES string of the molecule is CN(C)CCN1C(=O)[C@@H](O)[C@@H](c2ccc(O)cc2)Sc2ccccc21. The fourth-order valence-electron chi connectivity index (χ4n) is 2.83. The highest BCUT2D eigenvalue weighted by molar-refractivity contribution is 7.99. The molecule has 5 nitrogen and oxygen atoms in total. The maximum absolute atomic E-state index is 13.0. The van der Waals surface area contributed by atoms with Crippen molar-refractivity contribution in [1.29, 1.82) is 0 Å². The number of thioether (sulfide) groups is 1. The minimum absolute atomic E-state index is 0.163. The van der Waals surface area contributed by atoms with Crippen molar-refractivity contribution >= 4 is 23.4 Å². The van der Waals surface area contributed by atoms with E-state index in [-0.39, 0.29) is 11.7 Å². The molecule has 1 aliphatic heterocycles. The zero-order valence-electron chi connectivity index (χ0n) is 14.3. The molecule has 0 aromatic heterocycles. The van der Waals surface area contributed by atoms with E-state index in [4.69, 9.17) is 0 Å². The number of para-hydroxylation sites is 1. The number of hydrogen-bond acceptors (Lipinski definition) is 5. The van der Waals surface area contributed by atoms with Crippen molar-refractivity contribution in [2.75, 3.05) is 32.1 Å². The Kier molecular flexibility index (Phi) is 5.32. The Morgan fingerprint density at radius 1 is 1.12 bits per heavy atom. The van der Waals surface area contributed by atoms with Crippen LogP contribution in [-0.4, -0.2) is 54.3 Å². The first-order valence-electron chi connectivity index (χ1n) is 8.16. The van der Waals surface area contributed by atoms with E-state index in [1.807, 2.05) is 43.3 Å². The number of carbonyl (C=O) groups excluding carboxylic acids is 1. The molecule has 0 saturated heterocycles. The number of anilines is 1. The van der Waals surface area contributed by atoms with Crippen LogP contribution in [0.4, 0.5) is 5.69 Å². The molecule has 0 bridgehead atoms. The van der Waals surface area contributed by atoms with Crippen LogP contribution in [0.25, 0.3) is 0 Å². The van der Waals surface area contributed by atoms with Crippen LogP contribution in [-0.2, 0) is 4.79 Å². The molecule has 1 heterocycles. The lowest BCUT2D eigenvalue weighted by Gasteiger charge is -2.26. The first kappa shape index (κ1) is 17.8. The third kappa shape index (κ3) is 3.81. The second kappa shape index (κ2) is 7.47. The van der Waals surface area contributed by atoms with Gasteiger partial charge >= 0.3 is 0 Å². The van der Waals surface area contributed by atoms with Crippen molar-refractivity contribution in [2.45, 2.75) is 16.2 Å². The Balaban J connectivity index is 1.99. The molecule has 2 aromatic rings. The van der Waals surface area contributed by atoms with Gasteiger partial charge in [-0.15, -0.1) is 11.8 Å². The molecule has 1 aliphatic rings. The molecule has 132 valence electrons. The number of likely N-dealkylation sites (N-methyl/N-ethyl adjacent to an activating group) is 1. The molecule has 6 heteroatoms. The van der Waals surface area contributed by atoms with Crippen LogP contribution in [0.15, 0.2) is 53.4 Å². The number of aliphatic hydroxyl groups excluding tert-OH is 1. The van der Waals surface area contributed by atoms with Crippen molar-refractivity contribution in [3.05, 3.63) is 54.1 Å². The molecule has 0 spiro atoms. The molecule has 0 aliphatic carbocycles. The van der Waals surface area contributed by atoms with Gasteiger partial charge in [-0.05, 0) is 43.9 Å². The largest absolute Gasteiger partial charge is 0.508 e. The average molecular weight is 358 g/mol. The Labute approximate surface area is 151 Å². The van der Waals surface area contributed by atoms with Crippen molar-refractivity contribution in [3.8, 4) is 5.75 Å². The summed E-state index contributed by atoms with van der Waals surface area (Å²) in [6.45, 7) is 1.23. The number of aliphatic hydroxyl groups is 1. The number of aromatic hydroxyl groups is 1. The van der Waals surface area contributed by atoms with Crippen molar-refractivity contribution in [3.63, 3.8) is 0 Å². The van der Waals surface area contributed by atoms with Crippen LogP contribution in [0.5, 0.6) is 5.75 Å². The van der Waals surface area contributed by atoms with Gasteiger partial charge in [0.25, 0.3) is 5.91 Å². The summed E-state index contributed by atoms with van der Waals surface area (Å²) < 4.78 is 0. The number of phenols is 1. The predicted octanol–water partition coefficient (Wildman–Crippen LogP) is 2.49. The summed E-state index contributed by atoms with van der Waals surface area (Å²) in [5.41, 5.74) is 1.65. The Bertz CT molecular complexity index is 749. The first-order chi connectivity index (χ1) is 12.0. The zero-order chi connectivity index (χ0) is 18.0. The van der Waals surface area contributed by atoms with Gasteiger partial charge in [0, 0.05) is 18.0 Å². The van der Waals surface area contributed by atoms with Gasteiger partial charge in [0.05, 0.1) is 10.9 Å². The number of rotatable bonds is 4. The second-order valence-corrected chi connectivity index (χ2v) is 7.52. The van der Waals surface area contributed by atoms with Crippen LogP contribution in [0.2, 0.25) is 0 Å². The fourth-order valence-corrected chi connectivity index (χ4v) is 4.10. The normalized spacial score (nSPS) is 20.5. The Morgan fingerprint density at radius 2 is 1.80 bits per heavy atom. The number of nitrogens with zero attached hydrogens (tertiary/aromatic N) is 2. The van der Waals surface area contributed by atoms with E-state index in [2.05, 4.69) is 0 Å². The van der Waals surface area contributed by atoms with Gasteiger partial charge in [0.1, 0.15) is 11.9 Å². The molecule has 0 saturated carbocycles. The van der Waals surface area contributed by atoms with Crippen LogP contribution in [0.3, 0.4) is 0 Å². The highest BCUT2D eigenvalue weighted by Crippen LogP contribution is 2.45. The summed E-state index contributed by atoms with van der Waals surface area (Å²) in [6, 6.07) is 14.4. The highest BCUT2D eigenvalue weighted by Gasteiger charge is 2.37. The second-order valence-electron chi connectivity index (χ2n) is 6.34. The van der Waals surface area contributed by atoms with Gasteiger partial charge in [0.15, 0.2) is 0 Å². The average Bonchev–Trinajstić information content (AvgIpc) is 2.70. The molecule has 0 fully saturated rings. The molecule has 3 rings (SSSR count). The standard InChI is InChI=1S/C19H22N2O3S/c1-20(2)11-12-21-15-5-3-4-6-16(15)25-18(17(23)19(21)24)13-7-9-14(22)10-8-13/h3-10,17-18,22-23H,11-12H2,1-2H3/t17-,18+/m0/s1. The molecule has 0 radical (unpaired) electrons. The predicted molar refractivity (Wildman–Crippen MR) is 100 cm³/mol. The van der Waals surface area contributed by atoms with Gasteiger partial charge in [-0.1, -0.05) is 24.3 Å². The maximum Gasteiger partial charge on any atom is 0.257 e. The van der Waals surface area contributed by atoms with Gasteiger partial charge in [-0.25, -0.2) is 0 Å². The zero-order valence-corrected chi connectivity index (χ0v) is 15.1. The number of carbonyl (C=O) groups is 1. The van der Waals surface area contributed by atoms with Gasteiger partial charge in [0.2, 0.25) is 0 Å². The third-order valence-electron chi connectivity index (χ3n) is 4.21. The van der Waals surface area contributed by atoms with Crippen LogP contribution >= 0.6 is 11.8 Å². The lowest BCUT2D eigenvalue weighted by atomic mass is 10.1. The molecular weight excluding hydrogens is 336 g/mol. The molecule has 2 aromatic carbocycles. The lowest BCUT2D eigenvalue weighted by molar-refractivity contribution is -0.126. The number of fused-ring (bicyclic) bond motifs is 1. The van der Waals surface area contributed by atoms with E-state index in [1.54, 1.807) is 29.2 Å². The number of phenolic OH excluding ortho intramolecular Hbond substituents is 1. The van der Waals surface area contributed by atoms with E-state index in [1.165, 1.54) is 11.8 Å². The quantitative estimate of drug-likeness (QED) is 0.879. The van der Waals surface area contributed by atoms with Crippen LogP contribution < -0.4 is 4.90 Å². The third-order valence-corrected chi connectivity index (χ3v) is 5.59. The van der Waals surface area contributed by atoms with E-state index in [0.29, 0.717) is 13.1 Å². The smallest absolute Gasteiger partial charge is 0.257 e. The van der Waals surface area contributed by atoms with Gasteiger partial charge in [-0.2, -0.15) is 0 Å². The molecule has 0 unspecified atom stereocenters. The van der Waals surface area contributed by atoms with Crippen LogP contribution in [0.1, 0.15) is 10.8 Å². The first-order valence-corrected chi connectivity index (χ1v) is 9.04. The number of amides is 1. The monoisotopic (exact) mass is 358 g/mol. The van der Waals surface area contributed by atoms with Crippen molar-refractivity contribution in [1.82, 2.24) is 4.90 Å². The minimum atomic E-state index is -1.15. The summed E-state index contributed by atoms with van der Waals surface area (Å²) in [5, 5.41) is 19.8. The van der Waals surface area contributed by atoms with Gasteiger partial charge < -0.3 is 20.0 Å². The molecule has 1 amide bonds. The summed E-state index contributed by atoms with van der Waals surface area (Å²) in [4.78, 5) is 17.6. The summed E-state index contributed by atoms with van der Waals surface area (Å²) in [7, 11) is 3.91. The fraction of sp³-hybridized carbons (Fsp3) is 0.316. The lowest BCUT2D eigenvalue weighted by Crippen LogP contribution is -2.43. The van der Waals surface area contributed by atoms with E-state index in [9.17, 15) is 15.0 Å². The summed E-state index contributed by atoms with van der Waals surface area (Å²) in [5.74, 6) is -0.131. The maximum atomic E-state index is 13.0. The van der Waals surface area contributed by atoms with Gasteiger partial charge in [-0.3, -0.25) is 4.79 Å². The van der Waals surface area contributed by atoms with Crippen molar-refractivity contribution < 1.29 is 15.0 Å². The molecular formula is C19H22N2O3S. The molecule has 25 heavy (non-hydrogen) atoms. The minimum Gasteiger partial charge on any atom is -0.508 e. The van der Waals surface area contributed by atoms with E-state index >= 15 is 0 Å². The number of hydrogen-bond donors (Lipinski definition) is 2. The Hall–Kier alpha value is -2.02. The molecule has 2 atom stereocenters. The van der Waals surface area contributed by atoms with Crippen molar-refractivity contribution in [2.24, 2.45) is 0 Å². The van der Waals surface area contributed by atoms with E-state index < -0.39 is 11.4 Å². The topological polar surface area (TPSA) is 64.0 Å². The Morgan fingerprint density at radius 3 is 2.48 bits per heavy atom. The van der Waals surface area contributed by atoms with E-state index in [0.717, 1.165) is 16.1 Å². The highest BCUT2D eigenvalue weighted by atomic mass is 32.2. The summed E-state index contributed by atoms with van der Waals surface area (Å²) in [6.07, 6.45) is -1.15. The molecule has 2 N–H and O–H groups in total. The summed E-state index contributed by atoms with van der Waals surface area (Å²) >= 11 is 1.48. The number of benzene rings is 2. The van der Waals surface area contributed by atoms with Crippen LogP contribution in [0, 0.1) is 0 Å².